The molecule has 0 aliphatic rings. The Hall–Kier alpha value is -2.69. The number of alkyl halides is 5. The number of hydrogen-bond donors (Lipinski definition) is 1. The molecule has 2 rings (SSSR count). The lowest BCUT2D eigenvalue weighted by molar-refractivity contribution is -0.137. The summed E-state index contributed by atoms with van der Waals surface area (Å²) in [6, 6.07) is 6.18. The molecule has 0 saturated heterocycles. The van der Waals surface area contributed by atoms with Gasteiger partial charge in [0, 0.05) is 5.56 Å². The van der Waals surface area contributed by atoms with Gasteiger partial charge in [0.25, 0.3) is 5.91 Å². The van der Waals surface area contributed by atoms with Crippen LogP contribution in [0.3, 0.4) is 0 Å². The van der Waals surface area contributed by atoms with Crippen LogP contribution in [0.25, 0.3) is 0 Å². The van der Waals surface area contributed by atoms with Gasteiger partial charge in [0.05, 0.1) is 22.8 Å². The summed E-state index contributed by atoms with van der Waals surface area (Å²) in [5.74, 6) is -4.47. The second kappa shape index (κ2) is 8.76. The zero-order valence-corrected chi connectivity index (χ0v) is 15.8. The summed E-state index contributed by atoms with van der Waals surface area (Å²) in [5, 5.41) is 2.27. The van der Waals surface area contributed by atoms with E-state index in [9.17, 15) is 35.2 Å². The first-order valence-electron chi connectivity index (χ1n) is 8.24. The number of anilines is 1. The molecule has 29 heavy (non-hydrogen) atoms. The predicted octanol–water partition coefficient (Wildman–Crippen LogP) is 4.74. The lowest BCUT2D eigenvalue weighted by Gasteiger charge is -2.15. The average molecular weight is 437 g/mol. The first-order chi connectivity index (χ1) is 13.5. The Morgan fingerprint density at radius 1 is 1.10 bits per heavy atom. The van der Waals surface area contributed by atoms with E-state index in [1.165, 1.54) is 0 Å². The van der Waals surface area contributed by atoms with Gasteiger partial charge in [0.1, 0.15) is 5.75 Å². The third-order valence-corrected chi connectivity index (χ3v) is 5.09. The molecule has 11 heteroatoms. The zero-order chi connectivity index (χ0) is 21.8. The maximum absolute atomic E-state index is 13.0. The second-order valence-electron chi connectivity index (χ2n) is 5.84. The lowest BCUT2D eigenvalue weighted by Crippen LogP contribution is -2.15. The normalized spacial score (nSPS) is 12.1. The Kier molecular flexibility index (Phi) is 6.83. The van der Waals surface area contributed by atoms with Crippen LogP contribution in [0, 0.1) is 0 Å². The third kappa shape index (κ3) is 5.43. The van der Waals surface area contributed by atoms with Crippen LogP contribution in [0.4, 0.5) is 27.6 Å². The number of rotatable bonds is 7. The van der Waals surface area contributed by atoms with Crippen LogP contribution in [-0.4, -0.2) is 26.7 Å². The molecule has 0 saturated carbocycles. The van der Waals surface area contributed by atoms with Crippen LogP contribution < -0.4 is 10.1 Å². The minimum Gasteiger partial charge on any atom is -0.491 e. The van der Waals surface area contributed by atoms with Gasteiger partial charge in [-0.1, -0.05) is 6.92 Å². The summed E-state index contributed by atoms with van der Waals surface area (Å²) in [7, 11) is -4.83. The minimum atomic E-state index is -4.83. The van der Waals surface area contributed by atoms with Crippen LogP contribution in [0.5, 0.6) is 5.75 Å². The van der Waals surface area contributed by atoms with Gasteiger partial charge in [-0.15, -0.1) is 0 Å². The number of sulfone groups is 1. The average Bonchev–Trinajstić information content (AvgIpc) is 2.66. The topological polar surface area (TPSA) is 72.5 Å². The number of ether oxygens (including phenoxy) is 1. The molecule has 0 aliphatic carbocycles. The van der Waals surface area contributed by atoms with Gasteiger partial charge in [-0.05, 0) is 48.9 Å². The highest BCUT2D eigenvalue weighted by Gasteiger charge is 2.31. The van der Waals surface area contributed by atoms with E-state index in [4.69, 9.17) is 4.74 Å². The summed E-state index contributed by atoms with van der Waals surface area (Å²) < 4.78 is 92.1. The molecule has 2 aromatic carbocycles. The van der Waals surface area contributed by atoms with E-state index in [2.05, 4.69) is 5.32 Å². The van der Waals surface area contributed by atoms with Gasteiger partial charge >= 0.3 is 11.9 Å². The van der Waals surface area contributed by atoms with E-state index in [1.54, 1.807) is 6.92 Å². The van der Waals surface area contributed by atoms with Crippen molar-refractivity contribution in [3.63, 3.8) is 0 Å². The van der Waals surface area contributed by atoms with E-state index >= 15 is 0 Å². The number of hydrogen-bond acceptors (Lipinski definition) is 4. The molecule has 0 spiro atoms. The predicted molar refractivity (Wildman–Crippen MR) is 94.8 cm³/mol. The number of halogens is 5. The monoisotopic (exact) mass is 437 g/mol. The van der Waals surface area contributed by atoms with E-state index in [0.29, 0.717) is 12.5 Å². The van der Waals surface area contributed by atoms with Gasteiger partial charge in [0.15, 0.2) is 0 Å². The Morgan fingerprint density at radius 3 is 2.24 bits per heavy atom. The quantitative estimate of drug-likeness (QED) is 0.635. The Labute approximate surface area is 163 Å². The van der Waals surface area contributed by atoms with Crippen molar-refractivity contribution in [2.24, 2.45) is 0 Å². The fourth-order valence-electron chi connectivity index (χ4n) is 2.24. The molecular weight excluding hydrogens is 421 g/mol. The molecule has 0 bridgehead atoms. The number of carbonyl (C=O) groups is 1. The Morgan fingerprint density at radius 2 is 1.72 bits per heavy atom. The van der Waals surface area contributed by atoms with Crippen LogP contribution in [0.1, 0.15) is 29.3 Å². The molecule has 0 aromatic heterocycles. The highest BCUT2D eigenvalue weighted by atomic mass is 32.2. The fourth-order valence-corrected chi connectivity index (χ4v) is 2.96. The van der Waals surface area contributed by atoms with E-state index in [1.807, 2.05) is 0 Å². The SMILES string of the molecule is CCCOc1ccc(C(F)(F)F)cc1NC(=O)c1ccc(S(=O)(=O)C(F)F)cc1. The Bertz CT molecular complexity index is 973. The zero-order valence-electron chi connectivity index (χ0n) is 15.0. The highest BCUT2D eigenvalue weighted by molar-refractivity contribution is 7.91. The van der Waals surface area contributed by atoms with Gasteiger partial charge < -0.3 is 10.1 Å². The molecule has 0 aliphatic heterocycles. The summed E-state index contributed by atoms with van der Waals surface area (Å²) in [6.45, 7) is 1.99. The number of carbonyl (C=O) groups excluding carboxylic acids is 1. The Balaban J connectivity index is 2.31. The molecule has 1 amide bonds. The van der Waals surface area contributed by atoms with Gasteiger partial charge in [-0.3, -0.25) is 4.79 Å². The summed E-state index contributed by atoms with van der Waals surface area (Å²) in [4.78, 5) is 11.7. The molecule has 0 atom stereocenters. The fraction of sp³-hybridized carbons (Fsp3) is 0.278. The van der Waals surface area contributed by atoms with Gasteiger partial charge in [-0.2, -0.15) is 22.0 Å². The molecule has 0 heterocycles. The number of nitrogens with one attached hydrogen (secondary N) is 1. The van der Waals surface area contributed by atoms with Gasteiger partial charge in [0.2, 0.25) is 9.84 Å². The van der Waals surface area contributed by atoms with E-state index < -0.39 is 38.1 Å². The second-order valence-corrected chi connectivity index (χ2v) is 7.76. The molecule has 158 valence electrons. The molecule has 0 unspecified atom stereocenters. The summed E-state index contributed by atoms with van der Waals surface area (Å²) >= 11 is 0. The maximum atomic E-state index is 13.0. The maximum Gasteiger partial charge on any atom is 0.416 e. The van der Waals surface area contributed by atoms with E-state index in [0.717, 1.165) is 36.4 Å². The van der Waals surface area contributed by atoms with E-state index in [-0.39, 0.29) is 23.6 Å². The standard InChI is InChI=1S/C18H16F5NO4S/c1-2-9-28-15-8-5-12(18(21,22)23)10-14(15)24-16(25)11-3-6-13(7-4-11)29(26,27)17(19)20/h3-8,10,17H,2,9H2,1H3,(H,24,25). The van der Waals surface area contributed by atoms with Crippen LogP contribution in [0.15, 0.2) is 47.4 Å². The minimum absolute atomic E-state index is 0.0186. The van der Waals surface area contributed by atoms with Crippen molar-refractivity contribution in [3.8, 4) is 5.75 Å². The first-order valence-corrected chi connectivity index (χ1v) is 9.79. The first kappa shape index (κ1) is 22.6. The van der Waals surface area contributed by atoms with Crippen LogP contribution >= 0.6 is 0 Å². The summed E-state index contributed by atoms with van der Waals surface area (Å²) in [5.41, 5.74) is -1.38. The van der Waals surface area contributed by atoms with Gasteiger partial charge in [-0.25, -0.2) is 8.42 Å². The molecule has 0 fully saturated rings. The smallest absolute Gasteiger partial charge is 0.416 e. The largest absolute Gasteiger partial charge is 0.491 e. The van der Waals surface area contributed by atoms with Crippen molar-refractivity contribution in [1.29, 1.82) is 0 Å². The third-order valence-electron chi connectivity index (χ3n) is 3.70. The summed E-state index contributed by atoms with van der Waals surface area (Å²) in [6.07, 6.45) is -4.07. The molecule has 1 N–H and O–H groups in total. The highest BCUT2D eigenvalue weighted by Crippen LogP contribution is 2.35. The molecule has 5 nitrogen and oxygen atoms in total. The van der Waals surface area contributed by atoms with Crippen LogP contribution in [0.2, 0.25) is 0 Å². The van der Waals surface area contributed by atoms with Crippen molar-refractivity contribution >= 4 is 21.4 Å². The number of amides is 1. The van der Waals surface area contributed by atoms with Crippen molar-refractivity contribution in [2.75, 3.05) is 11.9 Å². The van der Waals surface area contributed by atoms with Crippen molar-refractivity contribution in [3.05, 3.63) is 53.6 Å². The van der Waals surface area contributed by atoms with Crippen molar-refractivity contribution in [1.82, 2.24) is 0 Å². The number of benzene rings is 2. The molecular formula is C18H16F5NO4S. The van der Waals surface area contributed by atoms with Crippen LogP contribution in [-0.2, 0) is 16.0 Å². The van der Waals surface area contributed by atoms with Crippen molar-refractivity contribution < 1.29 is 39.9 Å². The van der Waals surface area contributed by atoms with Crippen molar-refractivity contribution in [2.45, 2.75) is 30.2 Å². The molecule has 0 radical (unpaired) electrons. The molecule has 2 aromatic rings. The lowest BCUT2D eigenvalue weighted by atomic mass is 10.1.